The van der Waals surface area contributed by atoms with Crippen molar-refractivity contribution in [2.45, 2.75) is 32.9 Å². The van der Waals surface area contributed by atoms with E-state index in [0.717, 1.165) is 51.5 Å². The predicted octanol–water partition coefficient (Wildman–Crippen LogP) is -0.222. The molecule has 0 amide bonds. The van der Waals surface area contributed by atoms with Gasteiger partial charge in [-0.05, 0) is 28.8 Å². The summed E-state index contributed by atoms with van der Waals surface area (Å²) in [4.78, 5) is 3.18. The number of aromatic nitrogens is 4. The van der Waals surface area contributed by atoms with Crippen LogP contribution in [0.15, 0.2) is 43.0 Å². The van der Waals surface area contributed by atoms with Crippen LogP contribution in [0.3, 0.4) is 0 Å². The SMILES string of the molecule is C=CC[NH+]1CC[NH+]([C@H](c2ccccc2)c2nnnn2CCC(C)C)CC1. The zero-order valence-corrected chi connectivity index (χ0v) is 16.1. The van der Waals surface area contributed by atoms with Gasteiger partial charge in [0.1, 0.15) is 26.2 Å². The molecular weight excluding hydrogens is 324 g/mol. The first-order valence-corrected chi connectivity index (χ1v) is 9.79. The largest absolute Gasteiger partial charge is 0.322 e. The van der Waals surface area contributed by atoms with Crippen molar-refractivity contribution in [3.8, 4) is 0 Å². The average molecular weight is 357 g/mol. The molecule has 0 saturated carbocycles. The van der Waals surface area contributed by atoms with E-state index in [2.05, 4.69) is 66.3 Å². The lowest BCUT2D eigenvalue weighted by molar-refractivity contribution is -1.02. The molecule has 1 aliphatic heterocycles. The fourth-order valence-electron chi connectivity index (χ4n) is 3.79. The molecule has 6 nitrogen and oxygen atoms in total. The third-order valence-electron chi connectivity index (χ3n) is 5.31. The van der Waals surface area contributed by atoms with E-state index in [0.29, 0.717) is 5.92 Å². The molecule has 1 aromatic carbocycles. The van der Waals surface area contributed by atoms with Gasteiger partial charge in [-0.3, -0.25) is 0 Å². The van der Waals surface area contributed by atoms with Crippen LogP contribution in [-0.4, -0.2) is 52.9 Å². The maximum absolute atomic E-state index is 4.46. The van der Waals surface area contributed by atoms with Crippen LogP contribution in [-0.2, 0) is 6.54 Å². The molecule has 1 atom stereocenters. The number of aryl methyl sites for hydroxylation is 1. The van der Waals surface area contributed by atoms with Gasteiger partial charge in [0.05, 0.1) is 6.54 Å². The van der Waals surface area contributed by atoms with E-state index in [9.17, 15) is 0 Å². The topological polar surface area (TPSA) is 52.5 Å². The second-order valence-electron chi connectivity index (χ2n) is 7.69. The highest BCUT2D eigenvalue weighted by Gasteiger charge is 2.35. The van der Waals surface area contributed by atoms with Crippen LogP contribution in [0.1, 0.15) is 37.7 Å². The Morgan fingerprint density at radius 3 is 2.54 bits per heavy atom. The third-order valence-corrected chi connectivity index (χ3v) is 5.31. The average Bonchev–Trinajstić information content (AvgIpc) is 3.11. The summed E-state index contributed by atoms with van der Waals surface area (Å²) in [7, 11) is 0. The van der Waals surface area contributed by atoms with Crippen LogP contribution in [0.5, 0.6) is 0 Å². The van der Waals surface area contributed by atoms with Crippen molar-refractivity contribution in [2.24, 2.45) is 5.92 Å². The fourth-order valence-corrected chi connectivity index (χ4v) is 3.79. The molecule has 2 heterocycles. The fraction of sp³-hybridized carbons (Fsp3) is 0.550. The van der Waals surface area contributed by atoms with Crippen LogP contribution in [0.2, 0.25) is 0 Å². The zero-order valence-electron chi connectivity index (χ0n) is 16.1. The maximum Gasteiger partial charge on any atom is 0.214 e. The first kappa shape index (κ1) is 18.7. The summed E-state index contributed by atoms with van der Waals surface area (Å²) in [6, 6.07) is 10.9. The van der Waals surface area contributed by atoms with Crippen LogP contribution >= 0.6 is 0 Å². The molecule has 2 N–H and O–H groups in total. The van der Waals surface area contributed by atoms with E-state index in [1.165, 1.54) is 5.56 Å². The van der Waals surface area contributed by atoms with Crippen molar-refractivity contribution in [1.82, 2.24) is 20.2 Å². The Balaban J connectivity index is 1.84. The van der Waals surface area contributed by atoms with E-state index in [-0.39, 0.29) is 6.04 Å². The van der Waals surface area contributed by atoms with Gasteiger partial charge in [0.15, 0.2) is 6.04 Å². The van der Waals surface area contributed by atoms with E-state index in [4.69, 9.17) is 0 Å². The van der Waals surface area contributed by atoms with Crippen molar-refractivity contribution in [1.29, 1.82) is 0 Å². The van der Waals surface area contributed by atoms with Crippen LogP contribution in [0, 0.1) is 5.92 Å². The van der Waals surface area contributed by atoms with Gasteiger partial charge in [-0.15, -0.1) is 5.10 Å². The molecule has 140 valence electrons. The van der Waals surface area contributed by atoms with Crippen molar-refractivity contribution >= 4 is 0 Å². The lowest BCUT2D eigenvalue weighted by Crippen LogP contribution is -3.28. The lowest BCUT2D eigenvalue weighted by atomic mass is 10.0. The summed E-state index contributed by atoms with van der Waals surface area (Å²) in [6.07, 6.45) is 3.12. The van der Waals surface area contributed by atoms with Gasteiger partial charge in [-0.25, -0.2) is 4.68 Å². The molecule has 0 unspecified atom stereocenters. The zero-order chi connectivity index (χ0) is 18.4. The Kier molecular flexibility index (Phi) is 6.52. The summed E-state index contributed by atoms with van der Waals surface area (Å²) < 4.78 is 2.02. The molecule has 26 heavy (non-hydrogen) atoms. The summed E-state index contributed by atoms with van der Waals surface area (Å²) in [5.41, 5.74) is 1.30. The second-order valence-corrected chi connectivity index (χ2v) is 7.69. The highest BCUT2D eigenvalue weighted by atomic mass is 15.6. The molecule has 1 aliphatic rings. The molecule has 0 spiro atoms. The molecule has 0 radical (unpaired) electrons. The molecule has 0 bridgehead atoms. The lowest BCUT2D eigenvalue weighted by Gasteiger charge is -2.33. The summed E-state index contributed by atoms with van der Waals surface area (Å²) in [5.74, 6) is 1.64. The quantitative estimate of drug-likeness (QED) is 0.643. The Morgan fingerprint density at radius 2 is 1.88 bits per heavy atom. The Hall–Kier alpha value is -2.05. The molecule has 1 aromatic heterocycles. The maximum atomic E-state index is 4.46. The molecule has 2 aromatic rings. The minimum Gasteiger partial charge on any atom is -0.322 e. The first-order valence-electron chi connectivity index (χ1n) is 9.79. The van der Waals surface area contributed by atoms with E-state index in [1.807, 2.05) is 10.8 Å². The Morgan fingerprint density at radius 1 is 1.15 bits per heavy atom. The van der Waals surface area contributed by atoms with Gasteiger partial charge in [0.25, 0.3) is 0 Å². The highest BCUT2D eigenvalue weighted by molar-refractivity contribution is 5.22. The number of nitrogens with one attached hydrogen (secondary N) is 2. The molecule has 3 rings (SSSR count). The number of hydrogen-bond donors (Lipinski definition) is 2. The minimum absolute atomic E-state index is 0.198. The molecule has 1 fully saturated rings. The monoisotopic (exact) mass is 356 g/mol. The molecular formula is C20H32N6+2. The van der Waals surface area contributed by atoms with E-state index < -0.39 is 0 Å². The highest BCUT2D eigenvalue weighted by Crippen LogP contribution is 2.17. The van der Waals surface area contributed by atoms with Crippen LogP contribution in [0.25, 0.3) is 0 Å². The Labute approximate surface area is 156 Å². The summed E-state index contributed by atoms with van der Waals surface area (Å²) >= 11 is 0. The number of quaternary nitrogens is 2. The number of benzene rings is 1. The number of piperazine rings is 1. The van der Waals surface area contributed by atoms with Gasteiger partial charge in [0.2, 0.25) is 5.82 Å². The molecule has 0 aliphatic carbocycles. The number of rotatable bonds is 8. The van der Waals surface area contributed by atoms with Gasteiger partial charge < -0.3 is 9.80 Å². The Bertz CT molecular complexity index is 673. The van der Waals surface area contributed by atoms with Crippen LogP contribution in [0.4, 0.5) is 0 Å². The summed E-state index contributed by atoms with van der Waals surface area (Å²) in [6.45, 7) is 14.9. The van der Waals surface area contributed by atoms with Gasteiger partial charge in [-0.2, -0.15) is 0 Å². The van der Waals surface area contributed by atoms with Crippen molar-refractivity contribution in [2.75, 3.05) is 32.7 Å². The number of nitrogens with zero attached hydrogens (tertiary/aromatic N) is 4. The van der Waals surface area contributed by atoms with E-state index >= 15 is 0 Å². The van der Waals surface area contributed by atoms with Gasteiger partial charge >= 0.3 is 0 Å². The molecule has 1 saturated heterocycles. The second kappa shape index (κ2) is 9.05. The van der Waals surface area contributed by atoms with Gasteiger partial charge in [-0.1, -0.05) is 50.8 Å². The van der Waals surface area contributed by atoms with Gasteiger partial charge in [0, 0.05) is 12.1 Å². The van der Waals surface area contributed by atoms with Crippen LogP contribution < -0.4 is 9.80 Å². The third kappa shape index (κ3) is 4.56. The summed E-state index contributed by atoms with van der Waals surface area (Å²) in [5, 5.41) is 12.8. The number of hydrogen-bond acceptors (Lipinski definition) is 3. The minimum atomic E-state index is 0.198. The van der Waals surface area contributed by atoms with Crippen molar-refractivity contribution < 1.29 is 9.80 Å². The predicted molar refractivity (Wildman–Crippen MR) is 102 cm³/mol. The molecule has 6 heteroatoms. The van der Waals surface area contributed by atoms with Crippen molar-refractivity contribution in [3.05, 3.63) is 54.4 Å². The van der Waals surface area contributed by atoms with E-state index in [1.54, 1.807) is 9.80 Å². The first-order chi connectivity index (χ1) is 12.7. The number of tetrazole rings is 1. The van der Waals surface area contributed by atoms with Crippen molar-refractivity contribution in [3.63, 3.8) is 0 Å². The smallest absolute Gasteiger partial charge is 0.214 e. The standard InChI is InChI=1S/C20H30N6/c1-4-11-24-13-15-25(16-14-24)19(18-8-6-5-7-9-18)20-21-22-23-26(20)12-10-17(2)3/h4-9,17,19H,1,10-16H2,2-3H3/p+2/t19-/m1/s1. The normalized spacial score (nSPS) is 21.7.